The maximum Gasteiger partial charge on any atom is 0.162 e. The van der Waals surface area contributed by atoms with Crippen LogP contribution in [0.1, 0.15) is 35.8 Å². The number of ether oxygens (including phenoxy) is 2. The van der Waals surface area contributed by atoms with Crippen molar-refractivity contribution >= 4 is 17.3 Å². The number of benzene rings is 3. The Morgan fingerprint density at radius 3 is 2.42 bits per heavy atom. The van der Waals surface area contributed by atoms with Crippen LogP contribution < -0.4 is 20.1 Å². The summed E-state index contributed by atoms with van der Waals surface area (Å²) in [5, 5.41) is 18.6. The second-order valence-electron chi connectivity index (χ2n) is 7.18. The largest absolute Gasteiger partial charge is 0.504 e. The molecule has 0 aromatic heterocycles. The lowest BCUT2D eigenvalue weighted by Gasteiger charge is -2.34. The maximum absolute atomic E-state index is 10.9. The van der Waals surface area contributed by atoms with Gasteiger partial charge in [-0.15, -0.1) is 0 Å². The van der Waals surface area contributed by atoms with Crippen molar-refractivity contribution in [2.45, 2.75) is 19.1 Å². The van der Waals surface area contributed by atoms with Gasteiger partial charge in [-0.25, -0.2) is 0 Å². The molecule has 31 heavy (non-hydrogen) atoms. The highest BCUT2D eigenvalue weighted by Gasteiger charge is 2.27. The summed E-state index contributed by atoms with van der Waals surface area (Å²) in [6.45, 7) is 2.37. The standard InChI is InChI=1S/C25H25ClN2O3/c1-3-31-23-10-6-8-19(24(23)29)22-15-21(16-11-13-17(30-2)14-12-16)27-25(28-22)18-7-4-5-9-20(18)26/h4-15,22,25,27-29H,3H2,1-2H3. The van der Waals surface area contributed by atoms with Gasteiger partial charge in [0.05, 0.1) is 19.8 Å². The Labute approximate surface area is 187 Å². The summed E-state index contributed by atoms with van der Waals surface area (Å²) in [6.07, 6.45) is 1.80. The van der Waals surface area contributed by atoms with E-state index >= 15 is 0 Å². The van der Waals surface area contributed by atoms with E-state index in [0.717, 1.165) is 28.1 Å². The zero-order chi connectivity index (χ0) is 21.8. The highest BCUT2D eigenvalue weighted by molar-refractivity contribution is 6.31. The minimum Gasteiger partial charge on any atom is -0.504 e. The van der Waals surface area contributed by atoms with Gasteiger partial charge in [0, 0.05) is 21.8 Å². The van der Waals surface area contributed by atoms with Gasteiger partial charge in [0.15, 0.2) is 11.5 Å². The smallest absolute Gasteiger partial charge is 0.162 e. The van der Waals surface area contributed by atoms with Crippen molar-refractivity contribution in [2.24, 2.45) is 0 Å². The number of methoxy groups -OCH3 is 1. The fourth-order valence-corrected chi connectivity index (χ4v) is 3.95. The number of rotatable bonds is 6. The molecule has 0 saturated heterocycles. The Hall–Kier alpha value is -3.15. The Bertz CT molecular complexity index is 1080. The highest BCUT2D eigenvalue weighted by atomic mass is 35.5. The van der Waals surface area contributed by atoms with E-state index in [1.165, 1.54) is 0 Å². The molecule has 0 spiro atoms. The SMILES string of the molecule is CCOc1cccc(C2C=C(c3ccc(OC)cc3)NC(c3ccccc3Cl)N2)c1O. The molecule has 0 radical (unpaired) electrons. The molecule has 0 amide bonds. The molecule has 3 aromatic rings. The number of para-hydroxylation sites is 1. The van der Waals surface area contributed by atoms with E-state index in [1.54, 1.807) is 13.2 Å². The third kappa shape index (κ3) is 4.48. The summed E-state index contributed by atoms with van der Waals surface area (Å²) in [5.74, 6) is 1.39. The second kappa shape index (κ2) is 9.33. The zero-order valence-corrected chi connectivity index (χ0v) is 18.2. The number of hydrogen-bond acceptors (Lipinski definition) is 5. The van der Waals surface area contributed by atoms with Crippen molar-refractivity contribution in [1.82, 2.24) is 10.6 Å². The third-order valence-corrected chi connectivity index (χ3v) is 5.61. The molecule has 1 heterocycles. The van der Waals surface area contributed by atoms with Crippen LogP contribution in [0.4, 0.5) is 0 Å². The molecule has 1 aliphatic rings. The van der Waals surface area contributed by atoms with E-state index < -0.39 is 0 Å². The van der Waals surface area contributed by atoms with Gasteiger partial charge < -0.3 is 19.9 Å². The van der Waals surface area contributed by atoms with Crippen molar-refractivity contribution in [2.75, 3.05) is 13.7 Å². The van der Waals surface area contributed by atoms with Crippen LogP contribution >= 0.6 is 11.6 Å². The Balaban J connectivity index is 1.77. The van der Waals surface area contributed by atoms with Gasteiger partial charge in [-0.05, 0) is 55.0 Å². The minimum absolute atomic E-state index is 0.131. The molecule has 0 fully saturated rings. The first-order chi connectivity index (χ1) is 15.1. The first kappa shape index (κ1) is 21.1. The molecule has 3 N–H and O–H groups in total. The quantitative estimate of drug-likeness (QED) is 0.481. The first-order valence-corrected chi connectivity index (χ1v) is 10.6. The van der Waals surface area contributed by atoms with Crippen LogP contribution in [-0.4, -0.2) is 18.8 Å². The topological polar surface area (TPSA) is 62.8 Å². The zero-order valence-electron chi connectivity index (χ0n) is 17.4. The van der Waals surface area contributed by atoms with Gasteiger partial charge in [-0.1, -0.05) is 41.9 Å². The molecular weight excluding hydrogens is 412 g/mol. The minimum atomic E-state index is -0.264. The van der Waals surface area contributed by atoms with Crippen molar-refractivity contribution < 1.29 is 14.6 Å². The summed E-state index contributed by atoms with van der Waals surface area (Å²) in [6, 6.07) is 20.8. The Kier molecular flexibility index (Phi) is 6.35. The predicted molar refractivity (Wildman–Crippen MR) is 123 cm³/mol. The lowest BCUT2D eigenvalue weighted by atomic mass is 9.97. The van der Waals surface area contributed by atoms with Crippen LogP contribution in [0.2, 0.25) is 5.02 Å². The van der Waals surface area contributed by atoms with Gasteiger partial charge >= 0.3 is 0 Å². The fraction of sp³-hybridized carbons (Fsp3) is 0.200. The van der Waals surface area contributed by atoms with E-state index in [4.69, 9.17) is 21.1 Å². The lowest BCUT2D eigenvalue weighted by molar-refractivity contribution is 0.314. The lowest BCUT2D eigenvalue weighted by Crippen LogP contribution is -2.39. The molecule has 0 bridgehead atoms. The number of aromatic hydroxyl groups is 1. The van der Waals surface area contributed by atoms with Gasteiger partial charge in [-0.2, -0.15) is 0 Å². The summed E-state index contributed by atoms with van der Waals surface area (Å²) < 4.78 is 10.9. The van der Waals surface area contributed by atoms with E-state index in [9.17, 15) is 5.11 Å². The molecular formula is C25H25ClN2O3. The van der Waals surface area contributed by atoms with Crippen LogP contribution in [0.5, 0.6) is 17.2 Å². The van der Waals surface area contributed by atoms with E-state index in [2.05, 4.69) is 16.7 Å². The Morgan fingerprint density at radius 1 is 0.968 bits per heavy atom. The number of hydrogen-bond donors (Lipinski definition) is 3. The predicted octanol–water partition coefficient (Wildman–Crippen LogP) is 5.43. The molecule has 2 unspecified atom stereocenters. The van der Waals surface area contributed by atoms with Crippen LogP contribution in [0, 0.1) is 0 Å². The van der Waals surface area contributed by atoms with E-state index in [1.807, 2.05) is 67.6 Å². The number of halogens is 1. The maximum atomic E-state index is 10.9. The molecule has 5 nitrogen and oxygen atoms in total. The molecule has 0 saturated carbocycles. The molecule has 0 aliphatic carbocycles. The monoisotopic (exact) mass is 436 g/mol. The Morgan fingerprint density at radius 2 is 1.71 bits per heavy atom. The van der Waals surface area contributed by atoms with E-state index in [0.29, 0.717) is 17.4 Å². The summed E-state index contributed by atoms with van der Waals surface area (Å²) >= 11 is 6.50. The average Bonchev–Trinajstić information content (AvgIpc) is 2.80. The van der Waals surface area contributed by atoms with Crippen LogP contribution in [0.25, 0.3) is 5.70 Å². The summed E-state index contributed by atoms with van der Waals surface area (Å²) in [5.41, 5.74) is 3.59. The van der Waals surface area contributed by atoms with Gasteiger partial charge in [0.2, 0.25) is 0 Å². The first-order valence-electron chi connectivity index (χ1n) is 10.2. The van der Waals surface area contributed by atoms with Crippen LogP contribution in [0.15, 0.2) is 72.8 Å². The molecule has 4 rings (SSSR count). The van der Waals surface area contributed by atoms with Crippen molar-refractivity contribution in [3.8, 4) is 17.2 Å². The van der Waals surface area contributed by atoms with Gasteiger partial charge in [0.1, 0.15) is 11.9 Å². The summed E-state index contributed by atoms with van der Waals surface area (Å²) in [7, 11) is 1.65. The number of nitrogens with one attached hydrogen (secondary N) is 2. The number of phenolic OH excluding ortho intramolecular Hbond substituents is 1. The molecule has 3 aromatic carbocycles. The summed E-state index contributed by atoms with van der Waals surface area (Å²) in [4.78, 5) is 0. The molecule has 2 atom stereocenters. The molecule has 6 heteroatoms. The fourth-order valence-electron chi connectivity index (χ4n) is 3.71. The van der Waals surface area contributed by atoms with Crippen molar-refractivity contribution in [3.05, 3.63) is 94.5 Å². The van der Waals surface area contributed by atoms with Crippen molar-refractivity contribution in [3.63, 3.8) is 0 Å². The van der Waals surface area contributed by atoms with Crippen LogP contribution in [-0.2, 0) is 0 Å². The second-order valence-corrected chi connectivity index (χ2v) is 7.59. The van der Waals surface area contributed by atoms with Crippen LogP contribution in [0.3, 0.4) is 0 Å². The van der Waals surface area contributed by atoms with Crippen molar-refractivity contribution in [1.29, 1.82) is 0 Å². The normalized spacial score (nSPS) is 18.1. The van der Waals surface area contributed by atoms with Gasteiger partial charge in [-0.3, -0.25) is 5.32 Å². The average molecular weight is 437 g/mol. The highest BCUT2D eigenvalue weighted by Crippen LogP contribution is 2.38. The molecule has 160 valence electrons. The van der Waals surface area contributed by atoms with E-state index in [-0.39, 0.29) is 18.0 Å². The molecule has 1 aliphatic heterocycles. The number of phenols is 1. The third-order valence-electron chi connectivity index (χ3n) is 5.26. The van der Waals surface area contributed by atoms with Gasteiger partial charge in [0.25, 0.3) is 0 Å².